The molecule has 2 heteroatoms. The van der Waals surface area contributed by atoms with Gasteiger partial charge in [-0.05, 0) is 25.7 Å². The summed E-state index contributed by atoms with van der Waals surface area (Å²) in [7, 11) is 2.27. The van der Waals surface area contributed by atoms with E-state index in [2.05, 4.69) is 20.9 Å². The third-order valence-electron chi connectivity index (χ3n) is 6.95. The smallest absolute Gasteiger partial charge is 0.187 e. The Kier molecular flexibility index (Phi) is 21.1. The minimum absolute atomic E-state index is 0.230. The van der Waals surface area contributed by atoms with Crippen molar-refractivity contribution in [3.8, 4) is 0 Å². The number of hydrogen-bond acceptors (Lipinski definition) is 1. The first-order chi connectivity index (χ1) is 14.1. The van der Waals surface area contributed by atoms with Gasteiger partial charge in [0.25, 0.3) is 0 Å². The predicted molar refractivity (Wildman–Crippen MR) is 131 cm³/mol. The zero-order valence-corrected chi connectivity index (χ0v) is 21.0. The maximum absolute atomic E-state index is 10.3. The molecule has 29 heavy (non-hydrogen) atoms. The molecule has 0 amide bonds. The molecule has 0 bridgehead atoms. The van der Waals surface area contributed by atoms with E-state index in [1.165, 1.54) is 128 Å². The summed E-state index contributed by atoms with van der Waals surface area (Å²) in [5.41, 5.74) is 0. The van der Waals surface area contributed by atoms with Gasteiger partial charge in [0.05, 0.1) is 20.1 Å². The fraction of sp³-hybridized carbons (Fsp3) is 1.00. The van der Waals surface area contributed by atoms with Gasteiger partial charge in [0.1, 0.15) is 0 Å². The molecular weight excluding hydrogens is 354 g/mol. The molecule has 176 valence electrons. The lowest BCUT2D eigenvalue weighted by molar-refractivity contribution is -0.952. The van der Waals surface area contributed by atoms with Gasteiger partial charge in [-0.3, -0.25) is 0 Å². The SMILES string of the molecule is CCCCCCCCCCCC[N+](C)(CCCCCCCCCCCC)C(C)O. The van der Waals surface area contributed by atoms with E-state index in [1.807, 2.05) is 6.92 Å². The summed E-state index contributed by atoms with van der Waals surface area (Å²) >= 11 is 0. The maximum atomic E-state index is 10.3. The molecule has 0 aliphatic rings. The third kappa shape index (κ3) is 18.4. The lowest BCUT2D eigenvalue weighted by Crippen LogP contribution is -2.52. The van der Waals surface area contributed by atoms with Crippen LogP contribution in [0.3, 0.4) is 0 Å². The van der Waals surface area contributed by atoms with E-state index >= 15 is 0 Å². The molecule has 2 nitrogen and oxygen atoms in total. The van der Waals surface area contributed by atoms with Crippen molar-refractivity contribution in [2.45, 2.75) is 155 Å². The minimum atomic E-state index is -0.230. The number of aliphatic hydroxyl groups excluding tert-OH is 1. The van der Waals surface area contributed by atoms with Crippen molar-refractivity contribution in [2.24, 2.45) is 0 Å². The van der Waals surface area contributed by atoms with Crippen molar-refractivity contribution in [1.29, 1.82) is 0 Å². The fourth-order valence-electron chi connectivity index (χ4n) is 4.41. The van der Waals surface area contributed by atoms with Crippen LogP contribution in [0.25, 0.3) is 0 Å². The van der Waals surface area contributed by atoms with Gasteiger partial charge in [0, 0.05) is 6.92 Å². The topological polar surface area (TPSA) is 20.2 Å². The summed E-state index contributed by atoms with van der Waals surface area (Å²) in [6.45, 7) is 8.86. The molecule has 0 aliphatic carbocycles. The summed E-state index contributed by atoms with van der Waals surface area (Å²) in [6, 6.07) is 0. The summed E-state index contributed by atoms with van der Waals surface area (Å²) in [5, 5.41) is 10.3. The van der Waals surface area contributed by atoms with Gasteiger partial charge in [0.15, 0.2) is 6.23 Å². The van der Waals surface area contributed by atoms with Crippen LogP contribution in [-0.2, 0) is 0 Å². The van der Waals surface area contributed by atoms with Gasteiger partial charge in [-0.2, -0.15) is 0 Å². The molecule has 1 unspecified atom stereocenters. The van der Waals surface area contributed by atoms with Crippen LogP contribution in [0.5, 0.6) is 0 Å². The van der Waals surface area contributed by atoms with Crippen molar-refractivity contribution in [3.63, 3.8) is 0 Å². The van der Waals surface area contributed by atoms with E-state index in [0.717, 1.165) is 17.6 Å². The van der Waals surface area contributed by atoms with E-state index < -0.39 is 0 Å². The van der Waals surface area contributed by atoms with Gasteiger partial charge in [-0.1, -0.05) is 117 Å². The second-order valence-electron chi connectivity index (χ2n) is 9.92. The Bertz CT molecular complexity index is 292. The van der Waals surface area contributed by atoms with Crippen LogP contribution in [0.2, 0.25) is 0 Å². The van der Waals surface area contributed by atoms with Crippen molar-refractivity contribution < 1.29 is 9.59 Å². The molecule has 1 atom stereocenters. The maximum Gasteiger partial charge on any atom is 0.187 e. The van der Waals surface area contributed by atoms with E-state index in [-0.39, 0.29) is 6.23 Å². The fourth-order valence-corrected chi connectivity index (χ4v) is 4.41. The first-order valence-electron chi connectivity index (χ1n) is 13.6. The van der Waals surface area contributed by atoms with Gasteiger partial charge >= 0.3 is 0 Å². The molecular formula is C27H58NO+. The highest BCUT2D eigenvalue weighted by Gasteiger charge is 2.26. The van der Waals surface area contributed by atoms with Crippen molar-refractivity contribution >= 4 is 0 Å². The van der Waals surface area contributed by atoms with Crippen molar-refractivity contribution in [2.75, 3.05) is 20.1 Å². The highest BCUT2D eigenvalue weighted by molar-refractivity contribution is 4.51. The largest absolute Gasteiger partial charge is 0.345 e. The third-order valence-corrected chi connectivity index (χ3v) is 6.95. The number of hydrogen-bond donors (Lipinski definition) is 1. The van der Waals surface area contributed by atoms with Crippen LogP contribution in [-0.4, -0.2) is 36.0 Å². The van der Waals surface area contributed by atoms with E-state index in [1.54, 1.807) is 0 Å². The standard InChI is InChI=1S/C27H58NO/c1-5-7-9-11-13-15-17-19-21-23-25-28(4,27(3)29)26-24-22-20-18-16-14-12-10-8-6-2/h27,29H,5-26H2,1-4H3/q+1. The molecule has 0 aromatic rings. The first kappa shape index (κ1) is 28.9. The highest BCUT2D eigenvalue weighted by Crippen LogP contribution is 2.17. The molecule has 0 saturated heterocycles. The van der Waals surface area contributed by atoms with Crippen LogP contribution in [0.1, 0.15) is 149 Å². The lowest BCUT2D eigenvalue weighted by atomic mass is 10.1. The summed E-state index contributed by atoms with van der Waals surface area (Å²) in [6.07, 6.45) is 27.5. The average molecular weight is 413 g/mol. The molecule has 0 aliphatic heterocycles. The second kappa shape index (κ2) is 21.2. The number of unbranched alkanes of at least 4 members (excludes halogenated alkanes) is 18. The van der Waals surface area contributed by atoms with Crippen molar-refractivity contribution in [3.05, 3.63) is 0 Å². The van der Waals surface area contributed by atoms with Gasteiger partial charge in [-0.25, -0.2) is 0 Å². The molecule has 1 N–H and O–H groups in total. The molecule has 0 aromatic heterocycles. The number of nitrogens with zero attached hydrogens (tertiary/aromatic N) is 1. The molecule has 0 heterocycles. The molecule has 0 aromatic carbocycles. The zero-order chi connectivity index (χ0) is 21.6. The number of aliphatic hydroxyl groups is 1. The van der Waals surface area contributed by atoms with Crippen LogP contribution in [0.15, 0.2) is 0 Å². The number of rotatable bonds is 23. The predicted octanol–water partition coefficient (Wildman–Crippen LogP) is 8.61. The Labute approximate surface area is 185 Å². The Morgan fingerprint density at radius 2 is 0.724 bits per heavy atom. The van der Waals surface area contributed by atoms with E-state index in [0.29, 0.717) is 0 Å². The van der Waals surface area contributed by atoms with Crippen LogP contribution >= 0.6 is 0 Å². The number of quaternary nitrogens is 1. The minimum Gasteiger partial charge on any atom is -0.345 e. The Morgan fingerprint density at radius 1 is 0.483 bits per heavy atom. The quantitative estimate of drug-likeness (QED) is 0.101. The molecule has 0 spiro atoms. The van der Waals surface area contributed by atoms with Crippen molar-refractivity contribution in [1.82, 2.24) is 0 Å². The first-order valence-corrected chi connectivity index (χ1v) is 13.6. The van der Waals surface area contributed by atoms with Gasteiger partial charge in [0.2, 0.25) is 0 Å². The molecule has 0 saturated carbocycles. The van der Waals surface area contributed by atoms with Gasteiger partial charge < -0.3 is 9.59 Å². The monoisotopic (exact) mass is 412 g/mol. The Morgan fingerprint density at radius 3 is 0.966 bits per heavy atom. The van der Waals surface area contributed by atoms with Crippen LogP contribution in [0.4, 0.5) is 0 Å². The van der Waals surface area contributed by atoms with Crippen LogP contribution < -0.4 is 0 Å². The molecule has 0 radical (unpaired) electrons. The molecule has 0 fully saturated rings. The lowest BCUT2D eigenvalue weighted by Gasteiger charge is -2.37. The van der Waals surface area contributed by atoms with E-state index in [9.17, 15) is 5.11 Å². The molecule has 0 rings (SSSR count). The Hall–Kier alpha value is -0.0800. The summed E-state index contributed by atoms with van der Waals surface area (Å²) in [4.78, 5) is 0. The summed E-state index contributed by atoms with van der Waals surface area (Å²) < 4.78 is 0.855. The van der Waals surface area contributed by atoms with Gasteiger partial charge in [-0.15, -0.1) is 0 Å². The second-order valence-corrected chi connectivity index (χ2v) is 9.92. The van der Waals surface area contributed by atoms with Crippen LogP contribution in [0, 0.1) is 0 Å². The average Bonchev–Trinajstić information content (AvgIpc) is 2.70. The summed E-state index contributed by atoms with van der Waals surface area (Å²) in [5.74, 6) is 0. The normalized spacial score (nSPS) is 13.1. The Balaban J connectivity index is 3.64. The van der Waals surface area contributed by atoms with E-state index in [4.69, 9.17) is 0 Å². The highest BCUT2D eigenvalue weighted by atomic mass is 16.3. The zero-order valence-electron chi connectivity index (χ0n) is 21.0.